The smallest absolute Gasteiger partial charge is 0.325 e. The molecule has 1 N–H and O–H groups in total. The first-order valence-electron chi connectivity index (χ1n) is 9.94. The lowest BCUT2D eigenvalue weighted by Gasteiger charge is -2.18. The molecule has 2 heterocycles. The Bertz CT molecular complexity index is 1270. The molecule has 1 aromatic heterocycles. The molecule has 4 rings (SSSR count). The molecule has 1 fully saturated rings. The number of thiazole rings is 1. The Kier molecular flexibility index (Phi) is 6.02. The van der Waals surface area contributed by atoms with Gasteiger partial charge in [0, 0.05) is 25.0 Å². The number of sulfone groups is 1. The highest BCUT2D eigenvalue weighted by Gasteiger charge is 2.31. The number of nitrogens with zero attached hydrogens (tertiary/aromatic N) is 3. The largest absolute Gasteiger partial charge is 0.494 e. The van der Waals surface area contributed by atoms with Crippen molar-refractivity contribution in [1.29, 1.82) is 0 Å². The minimum atomic E-state index is -3.33. The standard InChI is InChI=1S/C21H22N4O5S2/c1-3-30-15-6-4-14(5-7-15)25-11-10-24(21(25)27)13-19(26)23-20-22-17-9-8-16(32(2,28)29)12-18(17)31-20/h4-9,12H,3,10-11,13H2,1-2H3,(H,22,23,26). The van der Waals surface area contributed by atoms with E-state index in [-0.39, 0.29) is 23.4 Å². The molecule has 1 aliphatic heterocycles. The summed E-state index contributed by atoms with van der Waals surface area (Å²) in [5.74, 6) is 0.368. The third kappa shape index (κ3) is 4.68. The lowest BCUT2D eigenvalue weighted by molar-refractivity contribution is -0.116. The van der Waals surface area contributed by atoms with E-state index >= 15 is 0 Å². The number of aromatic nitrogens is 1. The molecule has 3 amide bonds. The fourth-order valence-corrected chi connectivity index (χ4v) is 5.02. The number of rotatable bonds is 7. The fraction of sp³-hybridized carbons (Fsp3) is 0.286. The highest BCUT2D eigenvalue weighted by atomic mass is 32.2. The number of nitrogens with one attached hydrogen (secondary N) is 1. The van der Waals surface area contributed by atoms with Crippen LogP contribution in [0.2, 0.25) is 0 Å². The van der Waals surface area contributed by atoms with Crippen LogP contribution < -0.4 is 15.0 Å². The molecule has 3 aromatic rings. The van der Waals surface area contributed by atoms with Crippen molar-refractivity contribution in [3.8, 4) is 5.75 Å². The van der Waals surface area contributed by atoms with Crippen LogP contribution in [-0.4, -0.2) is 62.7 Å². The lowest BCUT2D eigenvalue weighted by Crippen LogP contribution is -2.37. The van der Waals surface area contributed by atoms with E-state index in [1.54, 1.807) is 11.0 Å². The zero-order valence-corrected chi connectivity index (χ0v) is 19.2. The summed E-state index contributed by atoms with van der Waals surface area (Å²) in [6.45, 7) is 3.28. The van der Waals surface area contributed by atoms with Crippen LogP contribution in [-0.2, 0) is 14.6 Å². The first-order chi connectivity index (χ1) is 15.2. The molecule has 1 aliphatic rings. The second-order valence-corrected chi connectivity index (χ2v) is 10.3. The Hall–Kier alpha value is -3.18. The van der Waals surface area contributed by atoms with Gasteiger partial charge in [-0.3, -0.25) is 9.69 Å². The van der Waals surface area contributed by atoms with Crippen molar-refractivity contribution in [2.45, 2.75) is 11.8 Å². The van der Waals surface area contributed by atoms with Crippen LogP contribution in [0.4, 0.5) is 15.6 Å². The number of ether oxygens (including phenoxy) is 1. The average molecular weight is 475 g/mol. The molecular weight excluding hydrogens is 452 g/mol. The predicted molar refractivity (Wildman–Crippen MR) is 123 cm³/mol. The van der Waals surface area contributed by atoms with Gasteiger partial charge >= 0.3 is 6.03 Å². The average Bonchev–Trinajstić information content (AvgIpc) is 3.30. The van der Waals surface area contributed by atoms with Crippen LogP contribution in [0.5, 0.6) is 5.75 Å². The summed E-state index contributed by atoms with van der Waals surface area (Å²) in [5.41, 5.74) is 1.34. The quantitative estimate of drug-likeness (QED) is 0.564. The van der Waals surface area contributed by atoms with Gasteiger partial charge in [-0.25, -0.2) is 18.2 Å². The van der Waals surface area contributed by atoms with Gasteiger partial charge in [0.15, 0.2) is 15.0 Å². The second-order valence-electron chi connectivity index (χ2n) is 7.25. The maximum atomic E-state index is 12.7. The molecule has 0 saturated carbocycles. The van der Waals surface area contributed by atoms with E-state index < -0.39 is 9.84 Å². The summed E-state index contributed by atoms with van der Waals surface area (Å²) >= 11 is 1.18. The van der Waals surface area contributed by atoms with Crippen molar-refractivity contribution in [3.05, 3.63) is 42.5 Å². The lowest BCUT2D eigenvalue weighted by atomic mass is 10.3. The normalized spacial score (nSPS) is 14.2. The summed E-state index contributed by atoms with van der Waals surface area (Å²) in [4.78, 5) is 32.9. The molecule has 32 heavy (non-hydrogen) atoms. The number of fused-ring (bicyclic) bond motifs is 1. The number of hydrogen-bond donors (Lipinski definition) is 1. The van der Waals surface area contributed by atoms with Gasteiger partial charge in [-0.15, -0.1) is 0 Å². The van der Waals surface area contributed by atoms with Crippen LogP contribution in [0.1, 0.15) is 6.92 Å². The first kappa shape index (κ1) is 22.0. The molecule has 0 spiro atoms. The minimum absolute atomic E-state index is 0.100. The van der Waals surface area contributed by atoms with Crippen molar-refractivity contribution >= 4 is 54.1 Å². The summed E-state index contributed by atoms with van der Waals surface area (Å²) in [7, 11) is -3.33. The Labute approximate surface area is 189 Å². The van der Waals surface area contributed by atoms with E-state index in [4.69, 9.17) is 4.74 Å². The number of benzene rings is 2. The molecule has 1 saturated heterocycles. The number of anilines is 2. The SMILES string of the molecule is CCOc1ccc(N2CCN(CC(=O)Nc3nc4ccc(S(C)(=O)=O)cc4s3)C2=O)cc1. The predicted octanol–water partition coefficient (Wildman–Crippen LogP) is 2.98. The first-order valence-corrected chi connectivity index (χ1v) is 12.6. The molecule has 2 aromatic carbocycles. The molecule has 0 aliphatic carbocycles. The van der Waals surface area contributed by atoms with Gasteiger partial charge in [0.25, 0.3) is 0 Å². The van der Waals surface area contributed by atoms with Crippen molar-refractivity contribution in [2.75, 3.05) is 42.7 Å². The topological polar surface area (TPSA) is 109 Å². The van der Waals surface area contributed by atoms with E-state index in [9.17, 15) is 18.0 Å². The van der Waals surface area contributed by atoms with Crippen LogP contribution in [0.15, 0.2) is 47.4 Å². The van der Waals surface area contributed by atoms with Gasteiger partial charge in [-0.05, 0) is 49.4 Å². The number of amides is 3. The second kappa shape index (κ2) is 8.75. The van der Waals surface area contributed by atoms with E-state index in [1.807, 2.05) is 31.2 Å². The molecule has 168 valence electrons. The molecule has 11 heteroatoms. The van der Waals surface area contributed by atoms with Gasteiger partial charge in [-0.1, -0.05) is 11.3 Å². The van der Waals surface area contributed by atoms with Gasteiger partial charge in [0.2, 0.25) is 5.91 Å². The zero-order chi connectivity index (χ0) is 22.9. The van der Waals surface area contributed by atoms with Crippen molar-refractivity contribution < 1.29 is 22.7 Å². The van der Waals surface area contributed by atoms with E-state index in [2.05, 4.69) is 10.3 Å². The minimum Gasteiger partial charge on any atom is -0.494 e. The zero-order valence-electron chi connectivity index (χ0n) is 17.6. The van der Waals surface area contributed by atoms with Gasteiger partial charge < -0.3 is 15.0 Å². The molecule has 9 nitrogen and oxygen atoms in total. The van der Waals surface area contributed by atoms with Crippen LogP contribution in [0.25, 0.3) is 10.2 Å². The van der Waals surface area contributed by atoms with Crippen molar-refractivity contribution in [3.63, 3.8) is 0 Å². The summed E-state index contributed by atoms with van der Waals surface area (Å²) < 4.78 is 29.5. The van der Waals surface area contributed by atoms with Crippen LogP contribution in [0.3, 0.4) is 0 Å². The fourth-order valence-electron chi connectivity index (χ4n) is 3.38. The van der Waals surface area contributed by atoms with E-state index in [0.29, 0.717) is 35.0 Å². The summed E-state index contributed by atoms with van der Waals surface area (Å²) in [6.07, 6.45) is 1.14. The maximum absolute atomic E-state index is 12.7. The Morgan fingerprint density at radius 3 is 2.62 bits per heavy atom. The number of urea groups is 1. The van der Waals surface area contributed by atoms with Gasteiger partial charge in [-0.2, -0.15) is 0 Å². The highest BCUT2D eigenvalue weighted by Crippen LogP contribution is 2.28. The van der Waals surface area contributed by atoms with E-state index in [0.717, 1.165) is 17.7 Å². The van der Waals surface area contributed by atoms with Crippen molar-refractivity contribution in [2.24, 2.45) is 0 Å². The summed E-state index contributed by atoms with van der Waals surface area (Å²) in [5, 5.41) is 3.06. The van der Waals surface area contributed by atoms with Crippen LogP contribution >= 0.6 is 11.3 Å². The molecule has 0 unspecified atom stereocenters. The summed E-state index contributed by atoms with van der Waals surface area (Å²) in [6, 6.07) is 11.6. The number of hydrogen-bond acceptors (Lipinski definition) is 7. The molecular formula is C21H22N4O5S2. The van der Waals surface area contributed by atoms with Crippen molar-refractivity contribution in [1.82, 2.24) is 9.88 Å². The van der Waals surface area contributed by atoms with Gasteiger partial charge in [0.05, 0.1) is 21.7 Å². The molecule has 0 radical (unpaired) electrons. The Balaban J connectivity index is 1.39. The highest BCUT2D eigenvalue weighted by molar-refractivity contribution is 7.90. The maximum Gasteiger partial charge on any atom is 0.325 e. The Morgan fingerprint density at radius 2 is 1.94 bits per heavy atom. The van der Waals surface area contributed by atoms with E-state index in [1.165, 1.54) is 28.4 Å². The van der Waals surface area contributed by atoms with Crippen LogP contribution in [0, 0.1) is 0 Å². The number of carbonyl (C=O) groups excluding carboxylic acids is 2. The molecule has 0 bridgehead atoms. The van der Waals surface area contributed by atoms with Gasteiger partial charge in [0.1, 0.15) is 12.3 Å². The third-order valence-electron chi connectivity index (χ3n) is 4.92. The Morgan fingerprint density at radius 1 is 1.19 bits per heavy atom. The monoisotopic (exact) mass is 474 g/mol. The third-order valence-corrected chi connectivity index (χ3v) is 6.97. The molecule has 0 atom stereocenters. The number of carbonyl (C=O) groups is 2.